The van der Waals surface area contributed by atoms with Gasteiger partial charge in [-0.2, -0.15) is 0 Å². The first-order valence-corrected chi connectivity index (χ1v) is 6.26. The summed E-state index contributed by atoms with van der Waals surface area (Å²) in [4.78, 5) is 4.11. The number of anilines is 1. The summed E-state index contributed by atoms with van der Waals surface area (Å²) < 4.78 is 15.3. The number of aromatic nitrogens is 2. The minimum atomic E-state index is -0.413. The van der Waals surface area contributed by atoms with Gasteiger partial charge in [-0.25, -0.2) is 9.37 Å². The van der Waals surface area contributed by atoms with Crippen LogP contribution in [-0.4, -0.2) is 9.55 Å². The molecule has 2 rings (SSSR count). The van der Waals surface area contributed by atoms with Crippen molar-refractivity contribution in [2.75, 3.05) is 5.32 Å². The molecule has 1 heterocycles. The first kappa shape index (κ1) is 12.9. The van der Waals surface area contributed by atoms with Gasteiger partial charge >= 0.3 is 0 Å². The predicted octanol–water partition coefficient (Wildman–Crippen LogP) is 3.70. The summed E-state index contributed by atoms with van der Waals surface area (Å²) in [5, 5.41) is 3.29. The van der Waals surface area contributed by atoms with Gasteiger partial charge in [0.15, 0.2) is 0 Å². The fourth-order valence-electron chi connectivity index (χ4n) is 1.74. The largest absolute Gasteiger partial charge is 0.379 e. The van der Waals surface area contributed by atoms with E-state index < -0.39 is 5.82 Å². The Balaban J connectivity index is 2.02. The van der Waals surface area contributed by atoms with Crippen LogP contribution in [-0.2, 0) is 13.1 Å². The minimum Gasteiger partial charge on any atom is -0.379 e. The summed E-state index contributed by atoms with van der Waals surface area (Å²) in [5.74, 6) is -0.413. The van der Waals surface area contributed by atoms with Crippen LogP contribution in [0.1, 0.15) is 19.0 Å². The smallest absolute Gasteiger partial charge is 0.143 e. The molecule has 0 aliphatic heterocycles. The third kappa shape index (κ3) is 3.01. The van der Waals surface area contributed by atoms with E-state index in [1.165, 1.54) is 6.07 Å². The average molecular weight is 268 g/mol. The van der Waals surface area contributed by atoms with E-state index in [0.717, 1.165) is 18.7 Å². The van der Waals surface area contributed by atoms with Crippen molar-refractivity contribution in [2.45, 2.75) is 26.4 Å². The van der Waals surface area contributed by atoms with E-state index in [2.05, 4.69) is 21.8 Å². The number of rotatable bonds is 5. The molecule has 0 saturated heterocycles. The van der Waals surface area contributed by atoms with E-state index >= 15 is 0 Å². The molecule has 1 N–H and O–H groups in total. The summed E-state index contributed by atoms with van der Waals surface area (Å²) >= 11 is 5.63. The molecule has 1 aromatic carbocycles. The van der Waals surface area contributed by atoms with Gasteiger partial charge in [0.1, 0.15) is 5.82 Å². The monoisotopic (exact) mass is 267 g/mol. The van der Waals surface area contributed by atoms with Crippen molar-refractivity contribution in [1.82, 2.24) is 9.55 Å². The van der Waals surface area contributed by atoms with Crippen molar-refractivity contribution in [1.29, 1.82) is 0 Å². The van der Waals surface area contributed by atoms with Gasteiger partial charge in [-0.15, -0.1) is 0 Å². The van der Waals surface area contributed by atoms with Crippen LogP contribution in [0.4, 0.5) is 10.1 Å². The van der Waals surface area contributed by atoms with E-state index in [-0.39, 0.29) is 5.02 Å². The normalized spacial score (nSPS) is 10.6. The lowest BCUT2D eigenvalue weighted by Crippen LogP contribution is -2.07. The molecule has 3 nitrogen and oxygen atoms in total. The second kappa shape index (κ2) is 5.87. The molecule has 0 saturated carbocycles. The highest BCUT2D eigenvalue weighted by atomic mass is 35.5. The predicted molar refractivity (Wildman–Crippen MR) is 71.3 cm³/mol. The first-order chi connectivity index (χ1) is 8.70. The maximum atomic E-state index is 13.3. The minimum absolute atomic E-state index is 0.136. The molecule has 0 aliphatic carbocycles. The van der Waals surface area contributed by atoms with Crippen LogP contribution in [0.25, 0.3) is 0 Å². The fourth-order valence-corrected chi connectivity index (χ4v) is 1.85. The SMILES string of the molecule is CCCn1cncc1CNc1ccc(Cl)c(F)c1. The number of nitrogens with zero attached hydrogens (tertiary/aromatic N) is 2. The second-order valence-corrected chi connectivity index (χ2v) is 4.47. The summed E-state index contributed by atoms with van der Waals surface area (Å²) in [6.07, 6.45) is 4.68. The van der Waals surface area contributed by atoms with E-state index in [1.54, 1.807) is 12.1 Å². The topological polar surface area (TPSA) is 29.9 Å². The van der Waals surface area contributed by atoms with Gasteiger partial charge in [-0.1, -0.05) is 18.5 Å². The Morgan fingerprint density at radius 3 is 3.00 bits per heavy atom. The summed E-state index contributed by atoms with van der Waals surface area (Å²) in [6.45, 7) is 3.67. The van der Waals surface area contributed by atoms with Crippen LogP contribution >= 0.6 is 11.6 Å². The average Bonchev–Trinajstić information content (AvgIpc) is 2.79. The van der Waals surface area contributed by atoms with Gasteiger partial charge in [0.25, 0.3) is 0 Å². The van der Waals surface area contributed by atoms with Crippen molar-refractivity contribution in [3.8, 4) is 0 Å². The molecule has 0 fully saturated rings. The number of hydrogen-bond acceptors (Lipinski definition) is 2. The first-order valence-electron chi connectivity index (χ1n) is 5.88. The van der Waals surface area contributed by atoms with Crippen LogP contribution in [0.3, 0.4) is 0 Å². The number of nitrogens with one attached hydrogen (secondary N) is 1. The van der Waals surface area contributed by atoms with Gasteiger partial charge in [-0.3, -0.25) is 0 Å². The number of imidazole rings is 1. The molecule has 0 aliphatic rings. The maximum Gasteiger partial charge on any atom is 0.143 e. The molecule has 0 bridgehead atoms. The van der Waals surface area contributed by atoms with Gasteiger partial charge in [0.05, 0.1) is 23.6 Å². The molecule has 0 spiro atoms. The Hall–Kier alpha value is -1.55. The van der Waals surface area contributed by atoms with Crippen LogP contribution in [0.15, 0.2) is 30.7 Å². The van der Waals surface area contributed by atoms with Crippen LogP contribution in [0.2, 0.25) is 5.02 Å². The van der Waals surface area contributed by atoms with E-state index in [4.69, 9.17) is 11.6 Å². The van der Waals surface area contributed by atoms with Crippen molar-refractivity contribution in [3.63, 3.8) is 0 Å². The zero-order valence-electron chi connectivity index (χ0n) is 10.2. The van der Waals surface area contributed by atoms with Crippen LogP contribution in [0.5, 0.6) is 0 Å². The highest BCUT2D eigenvalue weighted by Crippen LogP contribution is 2.19. The lowest BCUT2D eigenvalue weighted by atomic mass is 10.3. The third-order valence-electron chi connectivity index (χ3n) is 2.66. The molecule has 0 atom stereocenters. The Morgan fingerprint density at radius 1 is 1.44 bits per heavy atom. The van der Waals surface area contributed by atoms with Gasteiger partial charge in [-0.05, 0) is 24.6 Å². The lowest BCUT2D eigenvalue weighted by molar-refractivity contribution is 0.628. The van der Waals surface area contributed by atoms with Crippen molar-refractivity contribution >= 4 is 17.3 Å². The molecular formula is C13H15ClFN3. The van der Waals surface area contributed by atoms with Gasteiger partial charge in [0, 0.05) is 18.4 Å². The molecule has 18 heavy (non-hydrogen) atoms. The van der Waals surface area contributed by atoms with Crippen molar-refractivity contribution in [3.05, 3.63) is 47.3 Å². The molecule has 0 amide bonds. The Kier molecular flexibility index (Phi) is 4.20. The lowest BCUT2D eigenvalue weighted by Gasteiger charge is -2.09. The molecule has 1 aromatic heterocycles. The van der Waals surface area contributed by atoms with Crippen molar-refractivity contribution in [2.24, 2.45) is 0 Å². The van der Waals surface area contributed by atoms with Gasteiger partial charge in [0.2, 0.25) is 0 Å². The fraction of sp³-hybridized carbons (Fsp3) is 0.308. The highest BCUT2D eigenvalue weighted by molar-refractivity contribution is 6.30. The molecule has 5 heteroatoms. The summed E-state index contributed by atoms with van der Waals surface area (Å²) in [7, 11) is 0. The highest BCUT2D eigenvalue weighted by Gasteiger charge is 2.03. The van der Waals surface area contributed by atoms with Gasteiger partial charge < -0.3 is 9.88 Å². The van der Waals surface area contributed by atoms with Crippen molar-refractivity contribution < 1.29 is 4.39 Å². The van der Waals surface area contributed by atoms with Crippen LogP contribution in [0, 0.1) is 5.82 Å². The van der Waals surface area contributed by atoms with E-state index in [0.29, 0.717) is 12.2 Å². The number of aryl methyl sites for hydroxylation is 1. The third-order valence-corrected chi connectivity index (χ3v) is 2.96. The molecule has 0 radical (unpaired) electrons. The summed E-state index contributed by atoms with van der Waals surface area (Å²) in [5.41, 5.74) is 1.79. The molecule has 0 unspecified atom stereocenters. The molecule has 2 aromatic rings. The zero-order chi connectivity index (χ0) is 13.0. The summed E-state index contributed by atoms with van der Waals surface area (Å²) in [6, 6.07) is 4.69. The number of halogens is 2. The molecular weight excluding hydrogens is 253 g/mol. The molecule has 96 valence electrons. The van der Waals surface area contributed by atoms with E-state index in [1.807, 2.05) is 12.5 Å². The van der Waals surface area contributed by atoms with Crippen LogP contribution < -0.4 is 5.32 Å². The number of hydrogen-bond donors (Lipinski definition) is 1. The van der Waals surface area contributed by atoms with E-state index in [9.17, 15) is 4.39 Å². The maximum absolute atomic E-state index is 13.3. The Bertz CT molecular complexity index is 525. The Morgan fingerprint density at radius 2 is 2.28 bits per heavy atom. The second-order valence-electron chi connectivity index (χ2n) is 4.06. The Labute approximate surface area is 111 Å². The standard InChI is InChI=1S/C13H15ClFN3/c1-2-5-18-9-16-7-11(18)8-17-10-3-4-12(14)13(15)6-10/h3-4,6-7,9,17H,2,5,8H2,1H3. The zero-order valence-corrected chi connectivity index (χ0v) is 10.9. The quantitative estimate of drug-likeness (QED) is 0.895. The number of benzene rings is 1.